The summed E-state index contributed by atoms with van der Waals surface area (Å²) in [6.07, 6.45) is 3.95. The van der Waals surface area contributed by atoms with Crippen molar-refractivity contribution in [2.75, 3.05) is 20.1 Å². The number of carbonyl (C=O) groups is 1. The highest BCUT2D eigenvalue weighted by molar-refractivity contribution is 5.94. The molecule has 0 aromatic carbocycles. The lowest BCUT2D eigenvalue weighted by Gasteiger charge is -2.24. The van der Waals surface area contributed by atoms with E-state index in [1.54, 1.807) is 12.3 Å². The second kappa shape index (κ2) is 6.74. The fourth-order valence-electron chi connectivity index (χ4n) is 2.59. The Kier molecular flexibility index (Phi) is 4.99. The Morgan fingerprint density at radius 1 is 1.43 bits per heavy atom. The summed E-state index contributed by atoms with van der Waals surface area (Å²) in [5, 5.41) is 0. The minimum atomic E-state index is 0.126. The van der Waals surface area contributed by atoms with Gasteiger partial charge in [-0.1, -0.05) is 20.4 Å². The smallest absolute Gasteiger partial charge is 0.253 e. The average molecular weight is 287 g/mol. The van der Waals surface area contributed by atoms with Crippen molar-refractivity contribution in [3.63, 3.8) is 0 Å². The van der Waals surface area contributed by atoms with Crippen LogP contribution in [0.5, 0.6) is 0 Å². The third kappa shape index (κ3) is 3.84. The maximum atomic E-state index is 12.4. The molecule has 0 N–H and O–H groups in total. The van der Waals surface area contributed by atoms with Gasteiger partial charge in [-0.3, -0.25) is 9.78 Å². The zero-order valence-electron chi connectivity index (χ0n) is 13.3. The fraction of sp³-hybridized carbons (Fsp3) is 0.529. The molecular weight excluding hydrogens is 262 g/mol. The van der Waals surface area contributed by atoms with Crippen LogP contribution in [0, 0.1) is 5.92 Å². The van der Waals surface area contributed by atoms with E-state index >= 15 is 0 Å². The van der Waals surface area contributed by atoms with Gasteiger partial charge in [-0.15, -0.1) is 0 Å². The van der Waals surface area contributed by atoms with Crippen LogP contribution in [0.15, 0.2) is 30.6 Å². The molecule has 0 spiro atoms. The van der Waals surface area contributed by atoms with Crippen LogP contribution in [-0.4, -0.2) is 40.8 Å². The predicted octanol–water partition coefficient (Wildman–Crippen LogP) is 2.92. The number of carbonyl (C=O) groups excluding carboxylic acids is 1. The van der Waals surface area contributed by atoms with Crippen LogP contribution in [0.3, 0.4) is 0 Å². The van der Waals surface area contributed by atoms with Gasteiger partial charge in [0.25, 0.3) is 5.91 Å². The molecule has 1 aliphatic rings. The molecule has 0 bridgehead atoms. The lowest BCUT2D eigenvalue weighted by Crippen LogP contribution is -2.28. The van der Waals surface area contributed by atoms with E-state index in [9.17, 15) is 4.79 Å². The number of likely N-dealkylation sites (tertiary alicyclic amines) is 1. The van der Waals surface area contributed by atoms with Crippen LogP contribution in [0.25, 0.3) is 0 Å². The first-order chi connectivity index (χ1) is 9.99. The van der Waals surface area contributed by atoms with E-state index in [-0.39, 0.29) is 5.91 Å². The van der Waals surface area contributed by atoms with Crippen LogP contribution < -0.4 is 0 Å². The minimum absolute atomic E-state index is 0.126. The number of pyridine rings is 1. The molecule has 1 aromatic rings. The zero-order chi connectivity index (χ0) is 15.4. The minimum Gasteiger partial charge on any atom is -0.372 e. The van der Waals surface area contributed by atoms with Gasteiger partial charge in [0.05, 0.1) is 12.2 Å². The first-order valence-corrected chi connectivity index (χ1v) is 7.63. The van der Waals surface area contributed by atoms with Crippen molar-refractivity contribution in [2.45, 2.75) is 33.2 Å². The summed E-state index contributed by atoms with van der Waals surface area (Å²) < 4.78 is 0. The topological polar surface area (TPSA) is 36.4 Å². The monoisotopic (exact) mass is 287 g/mol. The highest BCUT2D eigenvalue weighted by Gasteiger charge is 2.20. The van der Waals surface area contributed by atoms with Gasteiger partial charge in [0.1, 0.15) is 0 Å². The number of hydrogen-bond donors (Lipinski definition) is 0. The molecule has 1 fully saturated rings. The Balaban J connectivity index is 2.07. The molecule has 1 aromatic heterocycles. The molecule has 114 valence electrons. The third-order valence-electron chi connectivity index (χ3n) is 4.01. The Labute approximate surface area is 127 Å². The zero-order valence-corrected chi connectivity index (χ0v) is 13.3. The highest BCUT2D eigenvalue weighted by Crippen LogP contribution is 2.16. The summed E-state index contributed by atoms with van der Waals surface area (Å²) in [6.45, 7) is 10.8. The van der Waals surface area contributed by atoms with E-state index < -0.39 is 0 Å². The third-order valence-corrected chi connectivity index (χ3v) is 4.01. The molecule has 1 amide bonds. The van der Waals surface area contributed by atoms with Crippen LogP contribution in [0.2, 0.25) is 0 Å². The van der Waals surface area contributed by atoms with E-state index in [0.29, 0.717) is 12.5 Å². The molecule has 1 aliphatic heterocycles. The van der Waals surface area contributed by atoms with Crippen LogP contribution in [0.1, 0.15) is 42.7 Å². The second-order valence-corrected chi connectivity index (χ2v) is 6.04. The second-order valence-electron chi connectivity index (χ2n) is 6.04. The van der Waals surface area contributed by atoms with Crippen LogP contribution in [-0.2, 0) is 6.54 Å². The Hall–Kier alpha value is -1.84. The fourth-order valence-corrected chi connectivity index (χ4v) is 2.59. The van der Waals surface area contributed by atoms with E-state index in [0.717, 1.165) is 42.9 Å². The lowest BCUT2D eigenvalue weighted by molar-refractivity contribution is 0.0792. The van der Waals surface area contributed by atoms with Crippen LogP contribution >= 0.6 is 0 Å². The molecule has 0 aliphatic carbocycles. The first kappa shape index (κ1) is 15.5. The largest absolute Gasteiger partial charge is 0.372 e. The molecule has 2 rings (SSSR count). The maximum Gasteiger partial charge on any atom is 0.253 e. The van der Waals surface area contributed by atoms with Gasteiger partial charge in [0, 0.05) is 37.6 Å². The van der Waals surface area contributed by atoms with Crippen molar-refractivity contribution < 1.29 is 4.79 Å². The molecule has 1 saturated heterocycles. The van der Waals surface area contributed by atoms with Gasteiger partial charge in [-0.25, -0.2) is 0 Å². The van der Waals surface area contributed by atoms with Crippen molar-refractivity contribution in [1.29, 1.82) is 0 Å². The van der Waals surface area contributed by atoms with E-state index in [2.05, 4.69) is 30.3 Å². The molecule has 4 nitrogen and oxygen atoms in total. The molecule has 21 heavy (non-hydrogen) atoms. The molecule has 2 heterocycles. The van der Waals surface area contributed by atoms with E-state index in [4.69, 9.17) is 0 Å². The lowest BCUT2D eigenvalue weighted by atomic mass is 10.1. The average Bonchev–Trinajstić information content (AvgIpc) is 3.00. The molecule has 0 unspecified atom stereocenters. The quantitative estimate of drug-likeness (QED) is 0.835. The normalized spacial score (nSPS) is 14.6. The van der Waals surface area contributed by atoms with Gasteiger partial charge in [-0.2, -0.15) is 0 Å². The predicted molar refractivity (Wildman–Crippen MR) is 84.8 cm³/mol. The molecule has 4 heteroatoms. The number of allylic oxidation sites excluding steroid dienone is 1. The number of aromatic nitrogens is 1. The van der Waals surface area contributed by atoms with Crippen molar-refractivity contribution >= 4 is 5.91 Å². The van der Waals surface area contributed by atoms with Crippen LogP contribution in [0.4, 0.5) is 0 Å². The summed E-state index contributed by atoms with van der Waals surface area (Å²) in [5.74, 6) is 0.533. The Bertz CT molecular complexity index is 519. The summed E-state index contributed by atoms with van der Waals surface area (Å²) in [7, 11) is 2.01. The Morgan fingerprint density at radius 3 is 2.71 bits per heavy atom. The van der Waals surface area contributed by atoms with E-state index in [1.165, 1.54) is 0 Å². The van der Waals surface area contributed by atoms with Gasteiger partial charge in [0.2, 0.25) is 0 Å². The number of hydrogen-bond acceptors (Lipinski definition) is 3. The maximum absolute atomic E-state index is 12.4. The van der Waals surface area contributed by atoms with Crippen molar-refractivity contribution in [3.8, 4) is 0 Å². The highest BCUT2D eigenvalue weighted by atomic mass is 16.2. The molecule has 0 atom stereocenters. The summed E-state index contributed by atoms with van der Waals surface area (Å²) in [5.41, 5.74) is 2.72. The van der Waals surface area contributed by atoms with Crippen molar-refractivity contribution in [1.82, 2.24) is 14.8 Å². The summed E-state index contributed by atoms with van der Waals surface area (Å²) in [6, 6.07) is 3.71. The van der Waals surface area contributed by atoms with Gasteiger partial charge in [0.15, 0.2) is 0 Å². The van der Waals surface area contributed by atoms with Gasteiger partial charge >= 0.3 is 0 Å². The van der Waals surface area contributed by atoms with Gasteiger partial charge < -0.3 is 9.80 Å². The molecule has 0 saturated carbocycles. The van der Waals surface area contributed by atoms with Crippen molar-refractivity contribution in [3.05, 3.63) is 41.9 Å². The van der Waals surface area contributed by atoms with Gasteiger partial charge in [-0.05, 0) is 30.9 Å². The van der Waals surface area contributed by atoms with Crippen molar-refractivity contribution in [2.24, 2.45) is 5.92 Å². The standard InChI is InChI=1S/C17H25N3O/c1-13(2)14(3)19(4)12-16-11-15(7-8-18-16)17(21)20-9-5-6-10-20/h7-8,11,13H,3,5-6,9-10,12H2,1-2,4H3. The molecule has 0 radical (unpaired) electrons. The molecular formula is C17H25N3O. The number of rotatable bonds is 5. The SMILES string of the molecule is C=C(C(C)C)N(C)Cc1cc(C(=O)N2CCCC2)ccn1. The number of nitrogens with zero attached hydrogens (tertiary/aromatic N) is 3. The Morgan fingerprint density at radius 2 is 2.10 bits per heavy atom. The number of amides is 1. The van der Waals surface area contributed by atoms with E-state index in [1.807, 2.05) is 18.0 Å². The summed E-state index contributed by atoms with van der Waals surface area (Å²) in [4.78, 5) is 20.8. The summed E-state index contributed by atoms with van der Waals surface area (Å²) >= 11 is 0. The first-order valence-electron chi connectivity index (χ1n) is 7.63.